The summed E-state index contributed by atoms with van der Waals surface area (Å²) in [6.07, 6.45) is 5.74. The van der Waals surface area contributed by atoms with Crippen molar-refractivity contribution >= 4 is 17.6 Å². The predicted octanol–water partition coefficient (Wildman–Crippen LogP) is 3.54. The van der Waals surface area contributed by atoms with E-state index in [0.29, 0.717) is 30.1 Å². The predicted molar refractivity (Wildman–Crippen MR) is 135 cm³/mol. The molecule has 1 aliphatic heterocycles. The van der Waals surface area contributed by atoms with Crippen molar-refractivity contribution in [3.63, 3.8) is 0 Å². The highest BCUT2D eigenvalue weighted by Gasteiger charge is 2.33. The molecule has 1 aromatic carbocycles. The van der Waals surface area contributed by atoms with Crippen LogP contribution in [-0.4, -0.2) is 65.1 Å². The molecule has 0 bridgehead atoms. The Labute approximate surface area is 212 Å². The first-order valence-corrected chi connectivity index (χ1v) is 12.8. The maximum Gasteiger partial charge on any atom is 0.269 e. The number of pyridine rings is 1. The van der Waals surface area contributed by atoms with Gasteiger partial charge in [-0.15, -0.1) is 0 Å². The van der Waals surface area contributed by atoms with Crippen molar-refractivity contribution in [1.82, 2.24) is 20.1 Å². The van der Waals surface area contributed by atoms with E-state index in [2.05, 4.69) is 22.1 Å². The number of benzene rings is 1. The minimum Gasteiger partial charge on any atom is -0.354 e. The molecule has 1 saturated carbocycles. The van der Waals surface area contributed by atoms with E-state index in [0.717, 1.165) is 49.9 Å². The van der Waals surface area contributed by atoms with Gasteiger partial charge in [0.25, 0.3) is 5.91 Å². The Morgan fingerprint density at radius 1 is 1.11 bits per heavy atom. The fraction of sp³-hybridized carbons (Fsp3) is 0.500. The van der Waals surface area contributed by atoms with Crippen LogP contribution in [-0.2, 0) is 17.8 Å². The summed E-state index contributed by atoms with van der Waals surface area (Å²) in [6.45, 7) is 6.76. The first kappa shape index (κ1) is 25.9. The molecule has 2 aliphatic rings. The Morgan fingerprint density at radius 3 is 2.47 bits per heavy atom. The number of amides is 2. The SMILES string of the molecule is CNC(=O)c1ccc(C(=O)Cc2cc(F)cc(CN3CCN(C(=O)C4CCCC4)[C@@H](C)C3)c2C)cn1. The second-order valence-corrected chi connectivity index (χ2v) is 10.1. The molecule has 2 aromatic rings. The average molecular weight is 495 g/mol. The van der Waals surface area contributed by atoms with Gasteiger partial charge in [0.1, 0.15) is 11.5 Å². The van der Waals surface area contributed by atoms with Crippen LogP contribution in [0.1, 0.15) is 70.1 Å². The Bertz CT molecular complexity index is 1130. The third-order valence-corrected chi connectivity index (χ3v) is 7.58. The highest BCUT2D eigenvalue weighted by atomic mass is 19.1. The van der Waals surface area contributed by atoms with E-state index in [1.807, 2.05) is 11.8 Å². The average Bonchev–Trinajstić information content (AvgIpc) is 3.41. The zero-order valence-electron chi connectivity index (χ0n) is 21.3. The van der Waals surface area contributed by atoms with E-state index < -0.39 is 0 Å². The number of carbonyl (C=O) groups excluding carboxylic acids is 3. The second kappa shape index (κ2) is 11.3. The van der Waals surface area contributed by atoms with Gasteiger partial charge in [0.2, 0.25) is 5.91 Å². The number of aromatic nitrogens is 1. The molecule has 1 aromatic heterocycles. The summed E-state index contributed by atoms with van der Waals surface area (Å²) in [5, 5.41) is 2.49. The van der Waals surface area contributed by atoms with Gasteiger partial charge in [-0.2, -0.15) is 0 Å². The lowest BCUT2D eigenvalue weighted by Crippen LogP contribution is -2.54. The third-order valence-electron chi connectivity index (χ3n) is 7.58. The number of nitrogens with one attached hydrogen (secondary N) is 1. The molecule has 36 heavy (non-hydrogen) atoms. The Hall–Kier alpha value is -3.13. The Morgan fingerprint density at radius 2 is 1.83 bits per heavy atom. The first-order chi connectivity index (χ1) is 17.3. The summed E-state index contributed by atoms with van der Waals surface area (Å²) < 4.78 is 14.6. The van der Waals surface area contributed by atoms with Gasteiger partial charge in [-0.25, -0.2) is 4.39 Å². The number of carbonyl (C=O) groups is 3. The molecular formula is C28H35FN4O3. The molecule has 1 saturated heterocycles. The number of hydrogen-bond acceptors (Lipinski definition) is 5. The third kappa shape index (κ3) is 5.81. The van der Waals surface area contributed by atoms with Crippen LogP contribution in [0.2, 0.25) is 0 Å². The molecule has 1 atom stereocenters. The number of rotatable bonds is 7. The Balaban J connectivity index is 1.41. The standard InChI is InChI=1S/C28H35FN4O3/c1-18-16-32(10-11-33(18)28(36)20-6-4-5-7-20)17-23-13-24(29)12-22(19(23)2)14-26(34)21-8-9-25(31-15-21)27(35)30-3/h8-9,12-13,15,18,20H,4-7,10-11,14,16-17H2,1-3H3,(H,30,35)/t18-/m0/s1. The zero-order valence-corrected chi connectivity index (χ0v) is 21.3. The Kier molecular flexibility index (Phi) is 8.14. The van der Waals surface area contributed by atoms with Crippen molar-refractivity contribution in [3.8, 4) is 0 Å². The van der Waals surface area contributed by atoms with Crippen molar-refractivity contribution in [2.24, 2.45) is 5.92 Å². The molecule has 192 valence electrons. The zero-order chi connectivity index (χ0) is 25.8. The lowest BCUT2D eigenvalue weighted by Gasteiger charge is -2.41. The van der Waals surface area contributed by atoms with Gasteiger partial charge in [-0.3, -0.25) is 24.3 Å². The normalized spacial score (nSPS) is 18.9. The van der Waals surface area contributed by atoms with Gasteiger partial charge in [-0.05, 0) is 67.6 Å². The summed E-state index contributed by atoms with van der Waals surface area (Å²) in [7, 11) is 1.52. The van der Waals surface area contributed by atoms with Crippen molar-refractivity contribution in [2.45, 2.75) is 58.5 Å². The number of nitrogens with zero attached hydrogens (tertiary/aromatic N) is 3. The summed E-state index contributed by atoms with van der Waals surface area (Å²) >= 11 is 0. The first-order valence-electron chi connectivity index (χ1n) is 12.8. The van der Waals surface area contributed by atoms with Crippen LogP contribution in [0.5, 0.6) is 0 Å². The molecule has 0 radical (unpaired) electrons. The monoisotopic (exact) mass is 494 g/mol. The van der Waals surface area contributed by atoms with Gasteiger partial charge < -0.3 is 10.2 Å². The quantitative estimate of drug-likeness (QED) is 0.596. The number of Topliss-reactive ketones (excluding diaryl/α,β-unsaturated/α-hetero) is 1. The number of hydrogen-bond donors (Lipinski definition) is 1. The van der Waals surface area contributed by atoms with E-state index >= 15 is 0 Å². The van der Waals surface area contributed by atoms with Gasteiger partial charge in [0.05, 0.1) is 0 Å². The molecule has 4 rings (SSSR count). The molecule has 0 unspecified atom stereocenters. The van der Waals surface area contributed by atoms with Crippen molar-refractivity contribution in [3.05, 3.63) is 64.2 Å². The van der Waals surface area contributed by atoms with E-state index in [1.165, 1.54) is 25.4 Å². The van der Waals surface area contributed by atoms with E-state index in [1.54, 1.807) is 12.1 Å². The maximum absolute atomic E-state index is 14.6. The largest absolute Gasteiger partial charge is 0.354 e. The maximum atomic E-state index is 14.6. The van der Waals surface area contributed by atoms with Crippen LogP contribution >= 0.6 is 0 Å². The molecule has 1 N–H and O–H groups in total. The highest BCUT2D eigenvalue weighted by molar-refractivity contribution is 5.98. The summed E-state index contributed by atoms with van der Waals surface area (Å²) in [4.78, 5) is 45.8. The fourth-order valence-corrected chi connectivity index (χ4v) is 5.39. The van der Waals surface area contributed by atoms with Gasteiger partial charge in [-0.1, -0.05) is 12.8 Å². The van der Waals surface area contributed by atoms with Crippen LogP contribution in [0.3, 0.4) is 0 Å². The van der Waals surface area contributed by atoms with E-state index in [4.69, 9.17) is 0 Å². The molecule has 8 heteroatoms. The molecule has 7 nitrogen and oxygen atoms in total. The number of piperazine rings is 1. The highest BCUT2D eigenvalue weighted by Crippen LogP contribution is 2.28. The minimum atomic E-state index is -0.366. The van der Waals surface area contributed by atoms with Crippen molar-refractivity contribution < 1.29 is 18.8 Å². The van der Waals surface area contributed by atoms with Gasteiger partial charge in [0, 0.05) is 63.4 Å². The molecule has 0 spiro atoms. The molecule has 1 aliphatic carbocycles. The van der Waals surface area contributed by atoms with Crippen LogP contribution in [0.25, 0.3) is 0 Å². The second-order valence-electron chi connectivity index (χ2n) is 10.1. The van der Waals surface area contributed by atoms with Gasteiger partial charge in [0.15, 0.2) is 5.78 Å². The van der Waals surface area contributed by atoms with Crippen molar-refractivity contribution in [1.29, 1.82) is 0 Å². The lowest BCUT2D eigenvalue weighted by molar-refractivity contribution is -0.140. The van der Waals surface area contributed by atoms with Crippen LogP contribution < -0.4 is 5.32 Å². The van der Waals surface area contributed by atoms with E-state index in [-0.39, 0.29) is 41.6 Å². The van der Waals surface area contributed by atoms with Gasteiger partial charge >= 0.3 is 0 Å². The summed E-state index contributed by atoms with van der Waals surface area (Å²) in [6, 6.07) is 6.16. The van der Waals surface area contributed by atoms with Crippen LogP contribution in [0, 0.1) is 18.7 Å². The summed E-state index contributed by atoms with van der Waals surface area (Å²) in [5.74, 6) is -0.398. The number of halogens is 1. The fourth-order valence-electron chi connectivity index (χ4n) is 5.39. The summed E-state index contributed by atoms with van der Waals surface area (Å²) in [5.41, 5.74) is 3.02. The van der Waals surface area contributed by atoms with E-state index in [9.17, 15) is 18.8 Å². The molecular weight excluding hydrogens is 459 g/mol. The smallest absolute Gasteiger partial charge is 0.269 e. The lowest BCUT2D eigenvalue weighted by atomic mass is 9.95. The molecule has 2 amide bonds. The minimum absolute atomic E-state index is 0.0532. The van der Waals surface area contributed by atoms with Crippen LogP contribution in [0.15, 0.2) is 30.5 Å². The molecule has 2 fully saturated rings. The number of ketones is 1. The van der Waals surface area contributed by atoms with Crippen molar-refractivity contribution in [2.75, 3.05) is 26.7 Å². The molecule has 2 heterocycles. The van der Waals surface area contributed by atoms with Crippen LogP contribution in [0.4, 0.5) is 4.39 Å². The topological polar surface area (TPSA) is 82.6 Å².